The molecule has 0 radical (unpaired) electrons. The van der Waals surface area contributed by atoms with Gasteiger partial charge in [-0.15, -0.1) is 11.8 Å². The van der Waals surface area contributed by atoms with Crippen molar-refractivity contribution in [3.05, 3.63) is 63.2 Å². The van der Waals surface area contributed by atoms with Crippen molar-refractivity contribution < 1.29 is 9.72 Å². The number of carbonyl (C=O) groups is 1. The van der Waals surface area contributed by atoms with Gasteiger partial charge in [-0.2, -0.15) is 0 Å². The van der Waals surface area contributed by atoms with Gasteiger partial charge in [0.15, 0.2) is 0 Å². The molecule has 1 amide bonds. The topological polar surface area (TPSA) is 72.2 Å². The first-order valence-corrected chi connectivity index (χ1v) is 8.60. The van der Waals surface area contributed by atoms with Crippen molar-refractivity contribution in [1.29, 1.82) is 0 Å². The molecule has 2 aromatic rings. The molecule has 2 aromatic carbocycles. The first-order chi connectivity index (χ1) is 11.4. The number of nitro groups is 1. The average molecular weight is 344 g/mol. The fraction of sp³-hybridized carbons (Fsp3) is 0.278. The van der Waals surface area contributed by atoms with Crippen LogP contribution in [-0.2, 0) is 4.79 Å². The Morgan fingerprint density at radius 3 is 2.25 bits per heavy atom. The van der Waals surface area contributed by atoms with Crippen LogP contribution in [0.25, 0.3) is 0 Å². The van der Waals surface area contributed by atoms with Crippen LogP contribution in [0.1, 0.15) is 23.1 Å². The lowest BCUT2D eigenvalue weighted by atomic mass is 10.1. The van der Waals surface area contributed by atoms with Gasteiger partial charge >= 0.3 is 0 Å². The smallest absolute Gasteiger partial charge is 0.269 e. The maximum absolute atomic E-state index is 12.1. The summed E-state index contributed by atoms with van der Waals surface area (Å²) in [6, 6.07) is 10.5. The van der Waals surface area contributed by atoms with E-state index in [4.69, 9.17) is 0 Å². The van der Waals surface area contributed by atoms with Gasteiger partial charge < -0.3 is 5.32 Å². The zero-order chi connectivity index (χ0) is 17.7. The molecule has 5 nitrogen and oxygen atoms in total. The molecule has 0 unspecified atom stereocenters. The highest BCUT2D eigenvalue weighted by molar-refractivity contribution is 7.99. The van der Waals surface area contributed by atoms with Gasteiger partial charge in [0.1, 0.15) is 0 Å². The summed E-state index contributed by atoms with van der Waals surface area (Å²) in [7, 11) is 0. The third kappa shape index (κ3) is 4.83. The SMILES string of the molecule is Cc1cc(C)c(NC(=O)CCSc2ccc([N+](=O)[O-])cc2)c(C)c1. The second kappa shape index (κ2) is 7.97. The summed E-state index contributed by atoms with van der Waals surface area (Å²) >= 11 is 1.51. The van der Waals surface area contributed by atoms with Crippen LogP contribution in [0.2, 0.25) is 0 Å². The Balaban J connectivity index is 1.86. The van der Waals surface area contributed by atoms with E-state index in [0.29, 0.717) is 12.2 Å². The minimum atomic E-state index is -0.422. The highest BCUT2D eigenvalue weighted by Crippen LogP contribution is 2.24. The van der Waals surface area contributed by atoms with E-state index >= 15 is 0 Å². The minimum absolute atomic E-state index is 0.0283. The third-order valence-electron chi connectivity index (χ3n) is 3.59. The number of thioether (sulfide) groups is 1. The van der Waals surface area contributed by atoms with Crippen LogP contribution in [0.4, 0.5) is 11.4 Å². The zero-order valence-electron chi connectivity index (χ0n) is 14.0. The predicted octanol–water partition coefficient (Wildman–Crippen LogP) is 4.64. The summed E-state index contributed by atoms with van der Waals surface area (Å²) < 4.78 is 0. The maximum Gasteiger partial charge on any atom is 0.269 e. The van der Waals surface area contributed by atoms with Crippen LogP contribution in [0, 0.1) is 30.9 Å². The molecule has 0 bridgehead atoms. The minimum Gasteiger partial charge on any atom is -0.326 e. The Hall–Kier alpha value is -2.34. The van der Waals surface area contributed by atoms with Crippen molar-refractivity contribution in [1.82, 2.24) is 0 Å². The highest BCUT2D eigenvalue weighted by Gasteiger charge is 2.09. The molecule has 0 heterocycles. The molecule has 0 saturated carbocycles. The monoisotopic (exact) mass is 344 g/mol. The van der Waals surface area contributed by atoms with E-state index in [1.165, 1.54) is 29.5 Å². The summed E-state index contributed by atoms with van der Waals surface area (Å²) in [5.74, 6) is 0.590. The number of nitrogens with one attached hydrogen (secondary N) is 1. The average Bonchev–Trinajstić information content (AvgIpc) is 2.51. The molecule has 6 heteroatoms. The van der Waals surface area contributed by atoms with Crippen LogP contribution in [-0.4, -0.2) is 16.6 Å². The van der Waals surface area contributed by atoms with E-state index in [1.807, 2.05) is 32.9 Å². The lowest BCUT2D eigenvalue weighted by Crippen LogP contribution is -2.14. The number of nitro benzene ring substituents is 1. The Bertz CT molecular complexity index is 734. The van der Waals surface area contributed by atoms with Crippen LogP contribution in [0.15, 0.2) is 41.3 Å². The normalized spacial score (nSPS) is 10.5. The molecule has 0 spiro atoms. The van der Waals surface area contributed by atoms with Gasteiger partial charge in [-0.3, -0.25) is 14.9 Å². The van der Waals surface area contributed by atoms with E-state index in [0.717, 1.165) is 21.7 Å². The highest BCUT2D eigenvalue weighted by atomic mass is 32.2. The number of rotatable bonds is 6. The molecule has 0 aromatic heterocycles. The first kappa shape index (κ1) is 18.0. The second-order valence-corrected chi connectivity index (χ2v) is 6.84. The Kier molecular flexibility index (Phi) is 5.98. The number of anilines is 1. The first-order valence-electron chi connectivity index (χ1n) is 7.62. The molecular formula is C18H20N2O3S. The molecule has 0 aliphatic carbocycles. The quantitative estimate of drug-likeness (QED) is 0.471. The van der Waals surface area contributed by atoms with E-state index < -0.39 is 4.92 Å². The maximum atomic E-state index is 12.1. The fourth-order valence-corrected chi connectivity index (χ4v) is 3.36. The van der Waals surface area contributed by atoms with Gasteiger partial charge in [0.2, 0.25) is 5.91 Å². The molecular weight excluding hydrogens is 324 g/mol. The fourth-order valence-electron chi connectivity index (χ4n) is 2.50. The summed E-state index contributed by atoms with van der Waals surface area (Å²) in [4.78, 5) is 23.2. The number of aryl methyl sites for hydroxylation is 3. The van der Waals surface area contributed by atoms with Crippen molar-refractivity contribution >= 4 is 29.0 Å². The third-order valence-corrected chi connectivity index (χ3v) is 4.60. The lowest BCUT2D eigenvalue weighted by molar-refractivity contribution is -0.384. The van der Waals surface area contributed by atoms with Gasteiger partial charge in [-0.05, 0) is 44.0 Å². The van der Waals surface area contributed by atoms with E-state index in [-0.39, 0.29) is 11.6 Å². The molecule has 0 aliphatic heterocycles. The number of hydrogen-bond donors (Lipinski definition) is 1. The molecule has 1 N–H and O–H groups in total. The van der Waals surface area contributed by atoms with E-state index in [2.05, 4.69) is 5.32 Å². The lowest BCUT2D eigenvalue weighted by Gasteiger charge is -2.12. The van der Waals surface area contributed by atoms with Crippen LogP contribution in [0.3, 0.4) is 0 Å². The number of carbonyl (C=O) groups excluding carboxylic acids is 1. The van der Waals surface area contributed by atoms with Crippen molar-refractivity contribution in [3.63, 3.8) is 0 Å². The van der Waals surface area contributed by atoms with Crippen molar-refractivity contribution in [2.75, 3.05) is 11.1 Å². The van der Waals surface area contributed by atoms with E-state index in [1.54, 1.807) is 12.1 Å². The number of non-ortho nitro benzene ring substituents is 1. The zero-order valence-corrected chi connectivity index (χ0v) is 14.8. The Morgan fingerprint density at radius 2 is 1.71 bits per heavy atom. The molecule has 126 valence electrons. The number of amides is 1. The summed E-state index contributed by atoms with van der Waals surface area (Å²) in [5, 5.41) is 13.6. The number of nitrogens with zero attached hydrogens (tertiary/aromatic N) is 1. The van der Waals surface area contributed by atoms with Gasteiger partial charge in [0, 0.05) is 34.9 Å². The molecule has 0 aliphatic rings. The summed E-state index contributed by atoms with van der Waals surface area (Å²) in [6.45, 7) is 6.01. The summed E-state index contributed by atoms with van der Waals surface area (Å²) in [5.41, 5.74) is 4.25. The van der Waals surface area contributed by atoms with Crippen molar-refractivity contribution in [2.24, 2.45) is 0 Å². The van der Waals surface area contributed by atoms with Crippen LogP contribution >= 0.6 is 11.8 Å². The van der Waals surface area contributed by atoms with E-state index in [9.17, 15) is 14.9 Å². The van der Waals surface area contributed by atoms with Gasteiger partial charge in [-0.1, -0.05) is 17.7 Å². The standard InChI is InChI=1S/C18H20N2O3S/c1-12-10-13(2)18(14(3)11-12)19-17(21)8-9-24-16-6-4-15(5-7-16)20(22)23/h4-7,10-11H,8-9H2,1-3H3,(H,19,21). The molecule has 2 rings (SSSR count). The van der Waals surface area contributed by atoms with Gasteiger partial charge in [-0.25, -0.2) is 0 Å². The van der Waals surface area contributed by atoms with Crippen LogP contribution < -0.4 is 5.32 Å². The van der Waals surface area contributed by atoms with Crippen molar-refractivity contribution in [3.8, 4) is 0 Å². The molecule has 24 heavy (non-hydrogen) atoms. The second-order valence-electron chi connectivity index (χ2n) is 5.67. The van der Waals surface area contributed by atoms with Gasteiger partial charge in [0.25, 0.3) is 5.69 Å². The molecule has 0 atom stereocenters. The van der Waals surface area contributed by atoms with Crippen molar-refractivity contribution in [2.45, 2.75) is 32.1 Å². The number of benzene rings is 2. The molecule has 0 saturated heterocycles. The predicted molar refractivity (Wildman–Crippen MR) is 97.7 cm³/mol. The molecule has 0 fully saturated rings. The Morgan fingerprint density at radius 1 is 1.12 bits per heavy atom. The number of hydrogen-bond acceptors (Lipinski definition) is 4. The largest absolute Gasteiger partial charge is 0.326 e. The summed E-state index contributed by atoms with van der Waals surface area (Å²) in [6.07, 6.45) is 0.383. The Labute approximate surface area is 145 Å². The van der Waals surface area contributed by atoms with Crippen LogP contribution in [0.5, 0.6) is 0 Å². The van der Waals surface area contributed by atoms with Gasteiger partial charge in [0.05, 0.1) is 4.92 Å².